The van der Waals surface area contributed by atoms with Gasteiger partial charge < -0.3 is 44.6 Å². The molecule has 4 amide bonds. The quantitative estimate of drug-likeness (QED) is 0.0935. The van der Waals surface area contributed by atoms with Gasteiger partial charge >= 0.3 is 12.2 Å². The fourth-order valence-corrected chi connectivity index (χ4v) is 7.44. The highest BCUT2D eigenvalue weighted by Crippen LogP contribution is 2.42. The number of fused-ring (bicyclic) bond motifs is 6. The number of aromatic amines is 2. The van der Waals surface area contributed by atoms with E-state index < -0.39 is 12.2 Å². The van der Waals surface area contributed by atoms with Crippen LogP contribution >= 0.6 is 0 Å². The van der Waals surface area contributed by atoms with E-state index in [1.54, 1.807) is 16.0 Å². The summed E-state index contributed by atoms with van der Waals surface area (Å²) in [5.41, 5.74) is 6.48. The predicted octanol–water partition coefficient (Wildman–Crippen LogP) is 6.41. The average molecular weight is 767 g/mol. The molecule has 0 radical (unpaired) electrons. The molecule has 0 unspecified atom stereocenters. The third kappa shape index (κ3) is 8.41. The maximum Gasteiger partial charge on any atom is 0.407 e. The Morgan fingerprint density at radius 1 is 0.786 bits per heavy atom. The SMILES string of the molecule is CCC(CC)N(Cc1ncc(-c2ccc3c(c2)COc2cc4c(ccc5[nH]c(CN(C(=O)CNC(=O)OC)C(CC)CC)nc54)cc2-3)[nH]1)C(=O)CNC(=O)OC. The largest absolute Gasteiger partial charge is 0.488 e. The highest BCUT2D eigenvalue weighted by atomic mass is 16.5. The van der Waals surface area contributed by atoms with Crippen molar-refractivity contribution in [1.82, 2.24) is 40.4 Å². The normalized spacial score (nSPS) is 11.9. The lowest BCUT2D eigenvalue weighted by Crippen LogP contribution is -2.45. The number of H-pyrrole nitrogens is 2. The second-order valence-electron chi connectivity index (χ2n) is 13.8. The van der Waals surface area contributed by atoms with E-state index in [0.717, 1.165) is 81.2 Å². The minimum Gasteiger partial charge on any atom is -0.488 e. The summed E-state index contributed by atoms with van der Waals surface area (Å²) >= 11 is 0. The van der Waals surface area contributed by atoms with Crippen LogP contribution in [-0.4, -0.2) is 93.1 Å². The van der Waals surface area contributed by atoms with E-state index in [1.807, 2.05) is 39.8 Å². The summed E-state index contributed by atoms with van der Waals surface area (Å²) < 4.78 is 15.6. The molecule has 1 aliphatic rings. The first-order valence-corrected chi connectivity index (χ1v) is 19.1. The van der Waals surface area contributed by atoms with Gasteiger partial charge in [0.1, 0.15) is 37.1 Å². The molecule has 0 atom stereocenters. The lowest BCUT2D eigenvalue weighted by Gasteiger charge is -2.30. The molecule has 0 spiro atoms. The monoisotopic (exact) mass is 766 g/mol. The second-order valence-corrected chi connectivity index (χ2v) is 13.8. The van der Waals surface area contributed by atoms with Crippen LogP contribution in [0.3, 0.4) is 0 Å². The molecule has 296 valence electrons. The van der Waals surface area contributed by atoms with Crippen LogP contribution in [-0.2, 0) is 38.8 Å². The Bertz CT molecular complexity index is 2220. The fourth-order valence-electron chi connectivity index (χ4n) is 7.44. The van der Waals surface area contributed by atoms with Crippen LogP contribution < -0.4 is 15.4 Å². The zero-order valence-corrected chi connectivity index (χ0v) is 32.8. The summed E-state index contributed by atoms with van der Waals surface area (Å²) in [6, 6.07) is 14.4. The minimum absolute atomic E-state index is 0.0118. The van der Waals surface area contributed by atoms with Gasteiger partial charge in [0.15, 0.2) is 0 Å². The molecule has 3 heterocycles. The molecule has 56 heavy (non-hydrogen) atoms. The van der Waals surface area contributed by atoms with E-state index >= 15 is 0 Å². The molecule has 0 saturated heterocycles. The number of nitrogens with zero attached hydrogens (tertiary/aromatic N) is 4. The van der Waals surface area contributed by atoms with Crippen molar-refractivity contribution in [3.05, 3.63) is 65.9 Å². The van der Waals surface area contributed by atoms with Gasteiger partial charge in [-0.2, -0.15) is 0 Å². The lowest BCUT2D eigenvalue weighted by molar-refractivity contribution is -0.134. The maximum atomic E-state index is 13.2. The molecular weight excluding hydrogens is 716 g/mol. The zero-order valence-electron chi connectivity index (χ0n) is 32.8. The van der Waals surface area contributed by atoms with Gasteiger partial charge in [0, 0.05) is 23.0 Å². The number of nitrogens with one attached hydrogen (secondary N) is 4. The molecule has 0 bridgehead atoms. The van der Waals surface area contributed by atoms with Crippen molar-refractivity contribution < 1.29 is 33.4 Å². The lowest BCUT2D eigenvalue weighted by atomic mass is 9.92. The Kier molecular flexibility index (Phi) is 12.4. The smallest absolute Gasteiger partial charge is 0.407 e. The van der Waals surface area contributed by atoms with E-state index in [0.29, 0.717) is 18.3 Å². The van der Waals surface area contributed by atoms with Gasteiger partial charge in [-0.3, -0.25) is 9.59 Å². The summed E-state index contributed by atoms with van der Waals surface area (Å²) in [4.78, 5) is 69.5. The van der Waals surface area contributed by atoms with E-state index in [4.69, 9.17) is 9.72 Å². The minimum atomic E-state index is -0.655. The number of hydrogen-bond acceptors (Lipinski definition) is 9. The Labute approximate surface area is 325 Å². The molecule has 15 heteroatoms. The van der Waals surface area contributed by atoms with Crippen molar-refractivity contribution in [2.24, 2.45) is 0 Å². The Morgan fingerprint density at radius 2 is 1.41 bits per heavy atom. The van der Waals surface area contributed by atoms with Crippen LogP contribution in [0.4, 0.5) is 9.59 Å². The summed E-state index contributed by atoms with van der Waals surface area (Å²) in [6.07, 6.45) is 3.52. The number of hydrogen-bond donors (Lipinski definition) is 4. The molecule has 0 saturated carbocycles. The Balaban J connectivity index is 1.23. The third-order valence-corrected chi connectivity index (χ3v) is 10.5. The number of carbonyl (C=O) groups is 4. The highest BCUT2D eigenvalue weighted by molar-refractivity contribution is 6.07. The number of benzene rings is 3. The first-order valence-electron chi connectivity index (χ1n) is 19.1. The van der Waals surface area contributed by atoms with Crippen molar-refractivity contribution in [3.8, 4) is 28.1 Å². The van der Waals surface area contributed by atoms with Gasteiger partial charge in [0.25, 0.3) is 0 Å². The first kappa shape index (κ1) is 39.6. The number of imidazole rings is 2. The summed E-state index contributed by atoms with van der Waals surface area (Å²) in [7, 11) is 2.53. The van der Waals surface area contributed by atoms with Crippen molar-refractivity contribution in [2.45, 2.75) is 85.2 Å². The van der Waals surface area contributed by atoms with E-state index in [9.17, 15) is 19.2 Å². The van der Waals surface area contributed by atoms with Gasteiger partial charge in [0.05, 0.1) is 50.2 Å². The van der Waals surface area contributed by atoms with Crippen molar-refractivity contribution >= 4 is 45.8 Å². The number of rotatable bonds is 15. The van der Waals surface area contributed by atoms with Crippen LogP contribution in [0.15, 0.2) is 48.7 Å². The van der Waals surface area contributed by atoms with Crippen LogP contribution in [0.25, 0.3) is 44.2 Å². The molecule has 0 aliphatic carbocycles. The molecule has 6 rings (SSSR count). The number of methoxy groups -OCH3 is 2. The first-order chi connectivity index (χ1) is 27.1. The van der Waals surface area contributed by atoms with Crippen molar-refractivity contribution in [2.75, 3.05) is 27.3 Å². The Morgan fingerprint density at radius 3 is 2.02 bits per heavy atom. The fraction of sp³-hybridized carbons (Fsp3) is 0.415. The molecule has 3 aromatic carbocycles. The summed E-state index contributed by atoms with van der Waals surface area (Å²) in [5.74, 6) is 1.62. The van der Waals surface area contributed by atoms with Gasteiger partial charge in [-0.25, -0.2) is 19.6 Å². The Hall–Kier alpha value is -6.12. The maximum absolute atomic E-state index is 13.2. The van der Waals surface area contributed by atoms with Crippen LogP contribution in [0.2, 0.25) is 0 Å². The molecule has 15 nitrogen and oxygen atoms in total. The van der Waals surface area contributed by atoms with Gasteiger partial charge in [0.2, 0.25) is 11.8 Å². The van der Waals surface area contributed by atoms with Crippen LogP contribution in [0, 0.1) is 0 Å². The number of aromatic nitrogens is 4. The molecule has 4 N–H and O–H groups in total. The van der Waals surface area contributed by atoms with Crippen LogP contribution in [0.1, 0.15) is 70.6 Å². The summed E-state index contributed by atoms with van der Waals surface area (Å²) in [5, 5.41) is 6.92. The van der Waals surface area contributed by atoms with E-state index in [2.05, 4.69) is 65.4 Å². The van der Waals surface area contributed by atoms with E-state index in [1.165, 1.54) is 14.2 Å². The molecule has 0 fully saturated rings. The number of carbonyl (C=O) groups excluding carboxylic acids is 4. The number of alkyl carbamates (subject to hydrolysis) is 2. The van der Waals surface area contributed by atoms with Gasteiger partial charge in [-0.15, -0.1) is 0 Å². The second kappa shape index (κ2) is 17.6. The average Bonchev–Trinajstić information content (AvgIpc) is 3.88. The standard InChI is InChI=1S/C41H50N8O7/c1-7-27(8-2)48(37(50)19-43-40(52)54-5)21-35-42-18-33(46-35)25-11-13-29-26(15-25)23-56-34-17-30-24(16-31(29)34)12-14-32-39(30)47-36(45-32)22-49(28(9-3)10-4)38(51)20-44-41(53)55-6/h11-18,27-28H,7-10,19-23H2,1-6H3,(H,42,46)(H,43,52)(H,44,53)(H,45,47). The van der Waals surface area contributed by atoms with E-state index in [-0.39, 0.29) is 50.1 Å². The predicted molar refractivity (Wildman–Crippen MR) is 212 cm³/mol. The highest BCUT2D eigenvalue weighted by Gasteiger charge is 2.26. The summed E-state index contributed by atoms with van der Waals surface area (Å²) in [6.45, 7) is 8.73. The van der Waals surface area contributed by atoms with Crippen molar-refractivity contribution in [3.63, 3.8) is 0 Å². The molecule has 5 aromatic rings. The number of amides is 4. The molecular formula is C41H50N8O7. The van der Waals surface area contributed by atoms with Crippen LogP contribution in [0.5, 0.6) is 5.75 Å². The van der Waals surface area contributed by atoms with Crippen molar-refractivity contribution in [1.29, 1.82) is 0 Å². The topological polar surface area (TPSA) is 184 Å². The zero-order chi connectivity index (χ0) is 39.9. The number of ether oxygens (including phenoxy) is 3. The molecule has 1 aliphatic heterocycles. The molecule has 2 aromatic heterocycles. The van der Waals surface area contributed by atoms with Gasteiger partial charge in [-0.05, 0) is 72.0 Å². The third-order valence-electron chi connectivity index (χ3n) is 10.5. The van der Waals surface area contributed by atoms with Gasteiger partial charge in [-0.1, -0.05) is 45.9 Å².